The van der Waals surface area contributed by atoms with E-state index >= 15 is 0 Å². The molecule has 7 nitrogen and oxygen atoms in total. The highest BCUT2D eigenvalue weighted by Crippen LogP contribution is 2.24. The van der Waals surface area contributed by atoms with Gasteiger partial charge in [0, 0.05) is 11.9 Å². The Hall–Kier alpha value is -4.20. The van der Waals surface area contributed by atoms with Gasteiger partial charge in [-0.25, -0.2) is 14.1 Å². The minimum Gasteiger partial charge on any atom is -0.491 e. The van der Waals surface area contributed by atoms with Crippen molar-refractivity contribution in [3.05, 3.63) is 89.0 Å². The summed E-state index contributed by atoms with van der Waals surface area (Å²) in [5.41, 5.74) is 2.65. The molecule has 1 aliphatic heterocycles. The van der Waals surface area contributed by atoms with Crippen molar-refractivity contribution < 1.29 is 23.5 Å². The summed E-state index contributed by atoms with van der Waals surface area (Å²) in [6.45, 7) is 4.83. The Bertz CT molecular complexity index is 1240. The third kappa shape index (κ3) is 4.55. The summed E-state index contributed by atoms with van der Waals surface area (Å²) in [5, 5.41) is 2.16. The summed E-state index contributed by atoms with van der Waals surface area (Å²) in [5.74, 6) is -1.24. The van der Waals surface area contributed by atoms with Crippen molar-refractivity contribution in [2.45, 2.75) is 20.4 Å². The summed E-state index contributed by atoms with van der Waals surface area (Å²) in [6.07, 6.45) is 3.24. The predicted molar refractivity (Wildman–Crippen MR) is 121 cm³/mol. The van der Waals surface area contributed by atoms with E-state index in [1.807, 2.05) is 42.8 Å². The fourth-order valence-electron chi connectivity index (χ4n) is 3.66. The average molecular weight is 447 g/mol. The van der Waals surface area contributed by atoms with Crippen LogP contribution >= 0.6 is 0 Å². The van der Waals surface area contributed by atoms with Gasteiger partial charge in [-0.1, -0.05) is 18.2 Å². The maximum atomic E-state index is 13.3. The van der Waals surface area contributed by atoms with Gasteiger partial charge in [0.1, 0.15) is 23.7 Å². The number of benzene rings is 2. The standard InChI is InChI=1S/C25H22FN3O4/c1-16-5-3-6-17(2)22(16)33-14-13-28-12-4-7-20(28)15-21-23(30)27-25(32)29(24(21)31)19-10-8-18(26)9-11-19/h3-12,15H,13-14H2,1-2H3,(H,27,30,32)/b21-15+. The van der Waals surface area contributed by atoms with Crippen LogP contribution in [0.4, 0.5) is 14.9 Å². The van der Waals surface area contributed by atoms with E-state index in [9.17, 15) is 18.8 Å². The Labute approximate surface area is 190 Å². The van der Waals surface area contributed by atoms with E-state index < -0.39 is 23.7 Å². The summed E-state index contributed by atoms with van der Waals surface area (Å²) < 4.78 is 21.1. The number of carbonyl (C=O) groups is 3. The number of carbonyl (C=O) groups excluding carboxylic acids is 3. The Morgan fingerprint density at radius 2 is 1.67 bits per heavy atom. The number of anilines is 1. The molecule has 8 heteroatoms. The second-order valence-corrected chi connectivity index (χ2v) is 7.63. The molecule has 2 heterocycles. The average Bonchev–Trinajstić information content (AvgIpc) is 3.21. The SMILES string of the molecule is Cc1cccc(C)c1OCCn1cccc1/C=C1\C(=O)NC(=O)N(c2ccc(F)cc2)C1=O. The molecule has 0 saturated carbocycles. The lowest BCUT2D eigenvalue weighted by Crippen LogP contribution is -2.54. The molecule has 0 atom stereocenters. The van der Waals surface area contributed by atoms with Gasteiger partial charge in [0.15, 0.2) is 0 Å². The number of aryl methyl sites for hydroxylation is 2. The molecule has 3 aromatic rings. The van der Waals surface area contributed by atoms with Crippen molar-refractivity contribution in [1.29, 1.82) is 0 Å². The number of nitrogens with one attached hydrogen (secondary N) is 1. The van der Waals surface area contributed by atoms with Crippen LogP contribution < -0.4 is 15.0 Å². The smallest absolute Gasteiger partial charge is 0.335 e. The fourth-order valence-corrected chi connectivity index (χ4v) is 3.66. The molecule has 0 bridgehead atoms. The second kappa shape index (κ2) is 9.12. The van der Waals surface area contributed by atoms with Crippen LogP contribution in [0.15, 0.2) is 66.4 Å². The third-order valence-electron chi connectivity index (χ3n) is 5.33. The lowest BCUT2D eigenvalue weighted by atomic mass is 10.1. The molecule has 1 aliphatic rings. The predicted octanol–water partition coefficient (Wildman–Crippen LogP) is 3.99. The van der Waals surface area contributed by atoms with E-state index in [2.05, 4.69) is 5.32 Å². The van der Waals surface area contributed by atoms with E-state index in [0.717, 1.165) is 33.9 Å². The molecule has 0 spiro atoms. The first kappa shape index (κ1) is 22.0. The number of nitrogens with zero attached hydrogens (tertiary/aromatic N) is 2. The zero-order chi connectivity index (χ0) is 23.5. The third-order valence-corrected chi connectivity index (χ3v) is 5.33. The molecule has 0 aliphatic carbocycles. The highest BCUT2D eigenvalue weighted by atomic mass is 19.1. The fraction of sp³-hybridized carbons (Fsp3) is 0.160. The number of rotatable bonds is 6. The number of para-hydroxylation sites is 1. The Morgan fingerprint density at radius 1 is 0.970 bits per heavy atom. The molecule has 2 aromatic carbocycles. The number of ether oxygens (including phenoxy) is 1. The highest BCUT2D eigenvalue weighted by Gasteiger charge is 2.37. The van der Waals surface area contributed by atoms with Crippen molar-refractivity contribution in [2.75, 3.05) is 11.5 Å². The number of aromatic nitrogens is 1. The molecule has 1 fully saturated rings. The van der Waals surface area contributed by atoms with E-state index in [4.69, 9.17) is 4.74 Å². The maximum Gasteiger partial charge on any atom is 0.335 e. The number of urea groups is 1. The number of amides is 4. The first-order valence-electron chi connectivity index (χ1n) is 10.4. The van der Waals surface area contributed by atoms with Gasteiger partial charge < -0.3 is 9.30 Å². The molecular weight excluding hydrogens is 425 g/mol. The van der Waals surface area contributed by atoms with E-state index in [-0.39, 0.29) is 11.3 Å². The van der Waals surface area contributed by atoms with E-state index in [0.29, 0.717) is 18.8 Å². The maximum absolute atomic E-state index is 13.3. The molecule has 1 saturated heterocycles. The van der Waals surface area contributed by atoms with Crippen LogP contribution in [0, 0.1) is 19.7 Å². The number of barbiturate groups is 1. The molecule has 1 aromatic heterocycles. The summed E-state index contributed by atoms with van der Waals surface area (Å²) in [7, 11) is 0. The van der Waals surface area contributed by atoms with Gasteiger partial charge in [0.25, 0.3) is 11.8 Å². The highest BCUT2D eigenvalue weighted by molar-refractivity contribution is 6.39. The second-order valence-electron chi connectivity index (χ2n) is 7.63. The van der Waals surface area contributed by atoms with Gasteiger partial charge in [0.2, 0.25) is 0 Å². The first-order valence-corrected chi connectivity index (χ1v) is 10.4. The number of hydrogen-bond donors (Lipinski definition) is 1. The lowest BCUT2D eigenvalue weighted by Gasteiger charge is -2.26. The van der Waals surface area contributed by atoms with Gasteiger partial charge in [-0.2, -0.15) is 0 Å². The molecule has 1 N–H and O–H groups in total. The van der Waals surface area contributed by atoms with Gasteiger partial charge >= 0.3 is 6.03 Å². The van der Waals surface area contributed by atoms with Crippen LogP contribution in [0.3, 0.4) is 0 Å². The molecule has 0 radical (unpaired) electrons. The van der Waals surface area contributed by atoms with E-state index in [1.165, 1.54) is 18.2 Å². The Kier molecular flexibility index (Phi) is 6.08. The largest absolute Gasteiger partial charge is 0.491 e. The monoisotopic (exact) mass is 447 g/mol. The van der Waals surface area contributed by atoms with Gasteiger partial charge in [0.05, 0.1) is 12.2 Å². The summed E-state index contributed by atoms with van der Waals surface area (Å²) in [4.78, 5) is 38.5. The Balaban J connectivity index is 1.54. The normalized spacial score (nSPS) is 15.2. The van der Waals surface area contributed by atoms with Crippen molar-refractivity contribution in [1.82, 2.24) is 9.88 Å². The van der Waals surface area contributed by atoms with Crippen molar-refractivity contribution in [3.8, 4) is 5.75 Å². The molecule has 33 heavy (non-hydrogen) atoms. The van der Waals surface area contributed by atoms with Crippen LogP contribution in [0.5, 0.6) is 5.75 Å². The summed E-state index contributed by atoms with van der Waals surface area (Å²) >= 11 is 0. The van der Waals surface area contributed by atoms with Crippen LogP contribution in [-0.2, 0) is 16.1 Å². The van der Waals surface area contributed by atoms with Crippen molar-refractivity contribution in [3.63, 3.8) is 0 Å². The van der Waals surface area contributed by atoms with E-state index in [1.54, 1.807) is 12.1 Å². The Morgan fingerprint density at radius 3 is 2.36 bits per heavy atom. The number of imide groups is 2. The van der Waals surface area contributed by atoms with Crippen LogP contribution in [0.2, 0.25) is 0 Å². The van der Waals surface area contributed by atoms with Gasteiger partial charge in [-0.15, -0.1) is 0 Å². The first-order chi connectivity index (χ1) is 15.8. The van der Waals surface area contributed by atoms with Crippen molar-refractivity contribution in [2.24, 2.45) is 0 Å². The minimum atomic E-state index is -0.883. The number of halogens is 1. The quantitative estimate of drug-likeness (QED) is 0.458. The van der Waals surface area contributed by atoms with Crippen LogP contribution in [-0.4, -0.2) is 29.0 Å². The molecule has 0 unspecified atom stereocenters. The molecular formula is C25H22FN3O4. The molecule has 4 rings (SSSR count). The van der Waals surface area contributed by atoms with Crippen LogP contribution in [0.25, 0.3) is 6.08 Å². The van der Waals surface area contributed by atoms with Gasteiger partial charge in [-0.3, -0.25) is 14.9 Å². The summed E-state index contributed by atoms with van der Waals surface area (Å²) in [6, 6.07) is 13.5. The van der Waals surface area contributed by atoms with Crippen molar-refractivity contribution >= 4 is 29.6 Å². The zero-order valence-electron chi connectivity index (χ0n) is 18.2. The lowest BCUT2D eigenvalue weighted by molar-refractivity contribution is -0.122. The topological polar surface area (TPSA) is 80.6 Å². The molecule has 168 valence electrons. The zero-order valence-corrected chi connectivity index (χ0v) is 18.2. The molecule has 4 amide bonds. The van der Waals surface area contributed by atoms with Gasteiger partial charge in [-0.05, 0) is 67.4 Å². The minimum absolute atomic E-state index is 0.162. The number of hydrogen-bond acceptors (Lipinski definition) is 4. The van der Waals surface area contributed by atoms with Crippen LogP contribution in [0.1, 0.15) is 16.8 Å².